The van der Waals surface area contributed by atoms with Crippen LogP contribution in [-0.4, -0.2) is 5.96 Å². The summed E-state index contributed by atoms with van der Waals surface area (Å²) in [6.45, 7) is 2.74. The van der Waals surface area contributed by atoms with Gasteiger partial charge >= 0.3 is 0 Å². The molecular formula is C16H20IN3S. The first-order chi connectivity index (χ1) is 9.70. The number of guanidine groups is 1. The number of hydrogen-bond donors (Lipinski definition) is 2. The van der Waals surface area contributed by atoms with Gasteiger partial charge in [-0.25, -0.2) is 4.99 Å². The van der Waals surface area contributed by atoms with Gasteiger partial charge < -0.3 is 11.1 Å². The third-order valence-electron chi connectivity index (χ3n) is 3.57. The number of nitrogens with zero attached hydrogens (tertiary/aromatic N) is 1. The van der Waals surface area contributed by atoms with Crippen molar-refractivity contribution in [1.82, 2.24) is 0 Å². The number of rotatable bonds is 3. The molecule has 1 aliphatic carbocycles. The van der Waals surface area contributed by atoms with Crippen molar-refractivity contribution >= 4 is 47.0 Å². The molecule has 1 heterocycles. The zero-order chi connectivity index (χ0) is 13.9. The molecular weight excluding hydrogens is 393 g/mol. The summed E-state index contributed by atoms with van der Waals surface area (Å²) < 4.78 is 0. The summed E-state index contributed by atoms with van der Waals surface area (Å²) in [5.74, 6) is 0.481. The predicted molar refractivity (Wildman–Crippen MR) is 102 cm³/mol. The Morgan fingerprint density at radius 3 is 2.81 bits per heavy atom. The van der Waals surface area contributed by atoms with Crippen LogP contribution in [0.5, 0.6) is 0 Å². The smallest absolute Gasteiger partial charge is 0.193 e. The summed E-state index contributed by atoms with van der Waals surface area (Å²) in [5, 5.41) is 3.18. The van der Waals surface area contributed by atoms with Gasteiger partial charge in [-0.15, -0.1) is 35.3 Å². The van der Waals surface area contributed by atoms with Gasteiger partial charge in [-0.2, -0.15) is 0 Å². The van der Waals surface area contributed by atoms with Crippen LogP contribution >= 0.6 is 35.3 Å². The molecule has 2 aromatic rings. The summed E-state index contributed by atoms with van der Waals surface area (Å²) in [7, 11) is 0. The molecule has 3 rings (SSSR count). The van der Waals surface area contributed by atoms with E-state index in [1.54, 1.807) is 11.3 Å². The van der Waals surface area contributed by atoms with Crippen molar-refractivity contribution in [1.29, 1.82) is 0 Å². The molecule has 0 saturated heterocycles. The lowest BCUT2D eigenvalue weighted by atomic mass is 10.1. The Morgan fingerprint density at radius 2 is 2.05 bits per heavy atom. The topological polar surface area (TPSA) is 50.4 Å². The van der Waals surface area contributed by atoms with Gasteiger partial charge in [0.1, 0.15) is 0 Å². The Bertz CT molecular complexity index is 649. The quantitative estimate of drug-likeness (QED) is 0.453. The fourth-order valence-corrected chi connectivity index (χ4v) is 3.39. The number of thiophene rings is 1. The summed E-state index contributed by atoms with van der Waals surface area (Å²) in [5.41, 5.74) is 9.90. The van der Waals surface area contributed by atoms with Crippen molar-refractivity contribution in [2.75, 3.05) is 5.32 Å². The number of aliphatic imine (C=N–C) groups is 1. The van der Waals surface area contributed by atoms with Crippen LogP contribution in [0.3, 0.4) is 0 Å². The zero-order valence-corrected chi connectivity index (χ0v) is 15.2. The molecule has 0 bridgehead atoms. The highest BCUT2D eigenvalue weighted by atomic mass is 127. The lowest BCUT2D eigenvalue weighted by Crippen LogP contribution is -2.22. The SMILES string of the molecule is Cc1ccc(CN=C(N)Nc2ccc3c(c2)CCC3)s1.I. The van der Waals surface area contributed by atoms with Gasteiger partial charge in [0.05, 0.1) is 6.54 Å². The van der Waals surface area contributed by atoms with Gasteiger partial charge in [-0.05, 0) is 61.6 Å². The molecule has 21 heavy (non-hydrogen) atoms. The lowest BCUT2D eigenvalue weighted by molar-refractivity contribution is 0.912. The summed E-state index contributed by atoms with van der Waals surface area (Å²) in [6, 6.07) is 10.7. The first kappa shape index (κ1) is 16.3. The molecule has 0 aliphatic heterocycles. The minimum atomic E-state index is 0. The standard InChI is InChI=1S/C16H19N3S.HI/c1-11-5-8-15(20-11)10-18-16(17)19-14-7-6-12-3-2-4-13(12)9-14;/h5-9H,2-4,10H2,1H3,(H3,17,18,19);1H. The number of fused-ring (bicyclic) bond motifs is 1. The third-order valence-corrected chi connectivity index (χ3v) is 4.56. The Balaban J connectivity index is 0.00000161. The number of nitrogens with one attached hydrogen (secondary N) is 1. The molecule has 3 nitrogen and oxygen atoms in total. The normalized spacial score (nSPS) is 13.7. The lowest BCUT2D eigenvalue weighted by Gasteiger charge is -2.07. The van der Waals surface area contributed by atoms with Crippen molar-refractivity contribution in [2.24, 2.45) is 10.7 Å². The van der Waals surface area contributed by atoms with E-state index in [1.165, 1.54) is 40.1 Å². The van der Waals surface area contributed by atoms with Crippen LogP contribution in [0.4, 0.5) is 5.69 Å². The van der Waals surface area contributed by atoms with E-state index in [4.69, 9.17) is 5.73 Å². The second kappa shape index (κ2) is 7.26. The van der Waals surface area contributed by atoms with Crippen LogP contribution in [0.1, 0.15) is 27.3 Å². The average Bonchev–Trinajstić information content (AvgIpc) is 3.04. The molecule has 0 fully saturated rings. The fraction of sp³-hybridized carbons (Fsp3) is 0.312. The van der Waals surface area contributed by atoms with Gasteiger partial charge in [0, 0.05) is 15.4 Å². The van der Waals surface area contributed by atoms with Crippen LogP contribution < -0.4 is 11.1 Å². The zero-order valence-electron chi connectivity index (χ0n) is 12.1. The minimum Gasteiger partial charge on any atom is -0.370 e. The Labute approximate surface area is 146 Å². The number of hydrogen-bond acceptors (Lipinski definition) is 2. The maximum atomic E-state index is 5.95. The minimum absolute atomic E-state index is 0. The number of halogens is 1. The molecule has 3 N–H and O–H groups in total. The van der Waals surface area contributed by atoms with Gasteiger partial charge in [0.15, 0.2) is 5.96 Å². The molecule has 0 amide bonds. The van der Waals surface area contributed by atoms with E-state index in [2.05, 4.69) is 47.6 Å². The highest BCUT2D eigenvalue weighted by molar-refractivity contribution is 14.0. The maximum absolute atomic E-state index is 5.95. The maximum Gasteiger partial charge on any atom is 0.193 e. The first-order valence-corrected chi connectivity index (χ1v) is 7.76. The van der Waals surface area contributed by atoms with E-state index in [-0.39, 0.29) is 24.0 Å². The van der Waals surface area contributed by atoms with E-state index in [0.717, 1.165) is 5.69 Å². The van der Waals surface area contributed by atoms with Gasteiger partial charge in [-0.3, -0.25) is 0 Å². The monoisotopic (exact) mass is 413 g/mol. The molecule has 0 radical (unpaired) electrons. The van der Waals surface area contributed by atoms with Crippen LogP contribution in [-0.2, 0) is 19.4 Å². The number of aryl methyl sites for hydroxylation is 3. The summed E-state index contributed by atoms with van der Waals surface area (Å²) in [4.78, 5) is 6.93. The van der Waals surface area contributed by atoms with Crippen molar-refractivity contribution in [2.45, 2.75) is 32.7 Å². The van der Waals surface area contributed by atoms with E-state index in [0.29, 0.717) is 12.5 Å². The van der Waals surface area contributed by atoms with Crippen molar-refractivity contribution in [3.63, 3.8) is 0 Å². The molecule has 1 aromatic carbocycles. The largest absolute Gasteiger partial charge is 0.370 e. The Hall–Kier alpha value is -1.08. The highest BCUT2D eigenvalue weighted by Gasteiger charge is 2.10. The van der Waals surface area contributed by atoms with Crippen molar-refractivity contribution in [3.8, 4) is 0 Å². The summed E-state index contributed by atoms with van der Waals surface area (Å²) in [6.07, 6.45) is 3.65. The molecule has 1 aliphatic rings. The molecule has 0 saturated carbocycles. The van der Waals surface area contributed by atoms with E-state index >= 15 is 0 Å². The second-order valence-corrected chi connectivity index (χ2v) is 6.55. The van der Waals surface area contributed by atoms with E-state index in [1.807, 2.05) is 0 Å². The van der Waals surface area contributed by atoms with E-state index < -0.39 is 0 Å². The highest BCUT2D eigenvalue weighted by Crippen LogP contribution is 2.24. The Morgan fingerprint density at radius 1 is 1.24 bits per heavy atom. The third kappa shape index (κ3) is 4.20. The Kier molecular flexibility index (Phi) is 5.64. The number of benzene rings is 1. The van der Waals surface area contributed by atoms with Crippen molar-refractivity contribution in [3.05, 3.63) is 51.2 Å². The van der Waals surface area contributed by atoms with E-state index in [9.17, 15) is 0 Å². The number of anilines is 1. The molecule has 0 unspecified atom stereocenters. The van der Waals surface area contributed by atoms with Crippen LogP contribution in [0.2, 0.25) is 0 Å². The van der Waals surface area contributed by atoms with Gasteiger partial charge in [0.25, 0.3) is 0 Å². The molecule has 5 heteroatoms. The first-order valence-electron chi connectivity index (χ1n) is 6.95. The van der Waals surface area contributed by atoms with Gasteiger partial charge in [0.2, 0.25) is 0 Å². The summed E-state index contributed by atoms with van der Waals surface area (Å²) >= 11 is 1.76. The number of nitrogens with two attached hydrogens (primary N) is 1. The van der Waals surface area contributed by atoms with Crippen LogP contribution in [0.25, 0.3) is 0 Å². The second-order valence-electron chi connectivity index (χ2n) is 5.18. The average molecular weight is 413 g/mol. The van der Waals surface area contributed by atoms with Crippen LogP contribution in [0.15, 0.2) is 35.3 Å². The van der Waals surface area contributed by atoms with Gasteiger partial charge in [-0.1, -0.05) is 6.07 Å². The fourth-order valence-electron chi connectivity index (χ4n) is 2.57. The van der Waals surface area contributed by atoms with Crippen LogP contribution in [0, 0.1) is 6.92 Å². The predicted octanol–water partition coefficient (Wildman–Crippen LogP) is 4.09. The molecule has 0 atom stereocenters. The van der Waals surface area contributed by atoms with Crippen molar-refractivity contribution < 1.29 is 0 Å². The molecule has 1 aromatic heterocycles. The molecule has 112 valence electrons. The molecule has 0 spiro atoms.